The highest BCUT2D eigenvalue weighted by atomic mass is 28.4. The third kappa shape index (κ3) is 8.45. The van der Waals surface area contributed by atoms with Crippen LogP contribution in [0.2, 0.25) is 36.3 Å². The van der Waals surface area contributed by atoms with E-state index in [9.17, 15) is 0 Å². The first-order valence-electron chi connectivity index (χ1n) is 9.52. The van der Waals surface area contributed by atoms with Crippen LogP contribution in [-0.2, 0) is 8.85 Å². The van der Waals surface area contributed by atoms with E-state index >= 15 is 0 Å². The lowest BCUT2D eigenvalue weighted by Crippen LogP contribution is -2.47. The second-order valence-corrected chi connectivity index (χ2v) is 14.4. The molecule has 0 aromatic heterocycles. The largest absolute Gasteiger partial charge is 0.392 e. The molecule has 0 unspecified atom stereocenters. The smallest absolute Gasteiger partial charge is 0.207 e. The Bertz CT molecular complexity index is 378. The van der Waals surface area contributed by atoms with Gasteiger partial charge in [0, 0.05) is 0 Å². The highest BCUT2D eigenvalue weighted by Gasteiger charge is 2.39. The van der Waals surface area contributed by atoms with E-state index in [4.69, 9.17) is 8.85 Å². The van der Waals surface area contributed by atoms with Crippen molar-refractivity contribution in [1.82, 2.24) is 0 Å². The number of hydrogen-bond acceptors (Lipinski definition) is 2. The van der Waals surface area contributed by atoms with Gasteiger partial charge in [-0.25, -0.2) is 0 Å². The number of rotatable bonds is 18. The number of hydrogen-bond donors (Lipinski definition) is 0. The van der Waals surface area contributed by atoms with Crippen molar-refractivity contribution in [2.75, 3.05) is 0 Å². The third-order valence-corrected chi connectivity index (χ3v) is 12.1. The van der Waals surface area contributed by atoms with Gasteiger partial charge in [0.05, 0.1) is 0 Å². The summed E-state index contributed by atoms with van der Waals surface area (Å²) in [6.45, 7) is 25.8. The summed E-state index contributed by atoms with van der Waals surface area (Å²) in [6.07, 6.45) is 13.4. The summed E-state index contributed by atoms with van der Waals surface area (Å²) in [7, 11) is -4.20. The van der Waals surface area contributed by atoms with Crippen molar-refractivity contribution >= 4 is 16.6 Å². The van der Waals surface area contributed by atoms with Crippen LogP contribution in [0.3, 0.4) is 0 Å². The summed E-state index contributed by atoms with van der Waals surface area (Å²) < 4.78 is 13.5. The minimum atomic E-state index is -2.10. The van der Waals surface area contributed by atoms with E-state index in [2.05, 4.69) is 46.4 Å². The van der Waals surface area contributed by atoms with E-state index in [1.807, 2.05) is 36.5 Å². The first-order chi connectivity index (χ1) is 12.5. The minimum Gasteiger partial charge on any atom is -0.392 e. The summed E-state index contributed by atoms with van der Waals surface area (Å²) in [6, 6.07) is 5.21. The average molecular weight is 391 g/mol. The van der Waals surface area contributed by atoms with Crippen LogP contribution in [0, 0.1) is 0 Å². The zero-order valence-electron chi connectivity index (χ0n) is 16.8. The van der Waals surface area contributed by atoms with E-state index in [-0.39, 0.29) is 6.29 Å². The normalized spacial score (nSPS) is 11.8. The summed E-state index contributed by atoms with van der Waals surface area (Å²) in [4.78, 5) is 0. The molecule has 26 heavy (non-hydrogen) atoms. The molecule has 0 saturated carbocycles. The molecule has 0 aromatic carbocycles. The van der Waals surface area contributed by atoms with Crippen LogP contribution < -0.4 is 0 Å². The van der Waals surface area contributed by atoms with Gasteiger partial charge in [0.2, 0.25) is 16.6 Å². The highest BCUT2D eigenvalue weighted by molar-refractivity contribution is 6.76. The molecule has 0 bridgehead atoms. The molecule has 0 radical (unpaired) electrons. The molecule has 146 valence electrons. The Hall–Kier alpha value is -1.21. The van der Waals surface area contributed by atoms with Crippen LogP contribution >= 0.6 is 0 Å². The van der Waals surface area contributed by atoms with Gasteiger partial charge in [0.25, 0.3) is 0 Å². The predicted octanol–water partition coefficient (Wildman–Crippen LogP) is 7.15. The zero-order valence-corrected chi connectivity index (χ0v) is 18.8. The lowest BCUT2D eigenvalue weighted by Gasteiger charge is -2.39. The first-order valence-corrected chi connectivity index (χ1v) is 14.6. The highest BCUT2D eigenvalue weighted by Crippen LogP contribution is 2.32. The van der Waals surface area contributed by atoms with E-state index in [0.717, 1.165) is 49.1 Å². The van der Waals surface area contributed by atoms with Crippen LogP contribution in [0.5, 0.6) is 0 Å². The monoisotopic (exact) mass is 390 g/mol. The fraction of sp³-hybridized carbons (Fsp3) is 0.455. The van der Waals surface area contributed by atoms with Gasteiger partial charge in [-0.15, -0.1) is 39.5 Å². The Morgan fingerprint density at radius 1 is 0.615 bits per heavy atom. The van der Waals surface area contributed by atoms with Crippen molar-refractivity contribution in [2.45, 2.75) is 62.3 Å². The fourth-order valence-corrected chi connectivity index (χ4v) is 9.58. The van der Waals surface area contributed by atoms with Crippen LogP contribution in [-0.4, -0.2) is 22.9 Å². The minimum absolute atomic E-state index is 0.210. The predicted molar refractivity (Wildman–Crippen MR) is 122 cm³/mol. The van der Waals surface area contributed by atoms with Gasteiger partial charge in [0.1, 0.15) is 6.29 Å². The molecule has 0 amide bonds. The Labute approximate surface area is 164 Å². The van der Waals surface area contributed by atoms with Crippen LogP contribution in [0.4, 0.5) is 0 Å². The van der Waals surface area contributed by atoms with Crippen LogP contribution in [0.25, 0.3) is 0 Å². The average Bonchev–Trinajstić information content (AvgIpc) is 2.56. The molecule has 0 rings (SSSR count). The van der Waals surface area contributed by atoms with Gasteiger partial charge < -0.3 is 8.85 Å². The molecule has 0 fully saturated rings. The van der Waals surface area contributed by atoms with Gasteiger partial charge in [-0.05, 0) is 42.7 Å². The molecular formula is C22H38O2Si2. The third-order valence-electron chi connectivity index (χ3n) is 4.39. The molecule has 0 aliphatic heterocycles. The van der Waals surface area contributed by atoms with Crippen LogP contribution in [0.15, 0.2) is 75.9 Å². The van der Waals surface area contributed by atoms with E-state index in [0.29, 0.717) is 0 Å². The van der Waals surface area contributed by atoms with Gasteiger partial charge in [0.15, 0.2) is 0 Å². The van der Waals surface area contributed by atoms with Crippen molar-refractivity contribution in [1.29, 1.82) is 0 Å². The maximum Gasteiger partial charge on any atom is 0.207 e. The van der Waals surface area contributed by atoms with Gasteiger partial charge >= 0.3 is 0 Å². The molecule has 0 spiro atoms. The summed E-state index contributed by atoms with van der Waals surface area (Å²) in [5.41, 5.74) is 0. The number of allylic oxidation sites excluding steroid dienone is 6. The molecule has 0 aromatic rings. The van der Waals surface area contributed by atoms with Gasteiger partial charge in [-0.3, -0.25) is 0 Å². The molecule has 0 aliphatic carbocycles. The van der Waals surface area contributed by atoms with Crippen molar-refractivity contribution < 1.29 is 8.85 Å². The molecule has 0 atom stereocenters. The van der Waals surface area contributed by atoms with Gasteiger partial charge in [-0.2, -0.15) is 0 Å². The Balaban J connectivity index is 5.66. The summed E-state index contributed by atoms with van der Waals surface area (Å²) >= 11 is 0. The van der Waals surface area contributed by atoms with Crippen molar-refractivity contribution in [3.05, 3.63) is 75.9 Å². The molecule has 0 N–H and O–H groups in total. The van der Waals surface area contributed by atoms with Crippen LogP contribution in [0.1, 0.15) is 19.8 Å². The quantitative estimate of drug-likeness (QED) is 0.140. The maximum atomic E-state index is 6.73. The van der Waals surface area contributed by atoms with Crippen molar-refractivity contribution in [3.63, 3.8) is 0 Å². The molecule has 0 heterocycles. The maximum absolute atomic E-state index is 6.73. The standard InChI is InChI=1S/C22H38O2Si2/c1-8-15-22(23-25(16-9-2,17-10-3)18-11-4)24-26(19-12-5,20-13-6)21-14-7/h9-14,22H,2-8,15-21H2,1H3. The SMILES string of the molecule is C=CC[Si](CC=C)(CC=C)OC(CCC)O[Si](CC=C)(CC=C)CC=C. The van der Waals surface area contributed by atoms with Gasteiger partial charge in [-0.1, -0.05) is 49.8 Å². The van der Waals surface area contributed by atoms with E-state index < -0.39 is 16.6 Å². The van der Waals surface area contributed by atoms with Crippen molar-refractivity contribution in [3.8, 4) is 0 Å². The topological polar surface area (TPSA) is 18.5 Å². The molecule has 0 aliphatic rings. The fourth-order valence-electron chi connectivity index (χ4n) is 3.30. The van der Waals surface area contributed by atoms with E-state index in [1.54, 1.807) is 0 Å². The second kappa shape index (κ2) is 13.9. The molecule has 2 nitrogen and oxygen atoms in total. The Morgan fingerprint density at radius 3 is 1.08 bits per heavy atom. The Kier molecular flexibility index (Phi) is 13.3. The molecular weight excluding hydrogens is 352 g/mol. The first kappa shape index (κ1) is 24.8. The summed E-state index contributed by atoms with van der Waals surface area (Å²) in [5, 5.41) is 0. The lowest BCUT2D eigenvalue weighted by molar-refractivity contribution is -0.0180. The lowest BCUT2D eigenvalue weighted by atomic mass is 10.3. The Morgan fingerprint density at radius 2 is 0.885 bits per heavy atom. The zero-order chi connectivity index (χ0) is 19.9. The molecule has 0 saturated heterocycles. The van der Waals surface area contributed by atoms with E-state index in [1.165, 1.54) is 0 Å². The second-order valence-electron chi connectivity index (χ2n) is 6.78. The molecule has 4 heteroatoms. The van der Waals surface area contributed by atoms with Crippen molar-refractivity contribution in [2.24, 2.45) is 0 Å². The summed E-state index contributed by atoms with van der Waals surface area (Å²) in [5.74, 6) is 0.